The molecule has 0 fully saturated rings. The molecule has 5 aromatic rings. The topological polar surface area (TPSA) is 41.7 Å². The van der Waals surface area contributed by atoms with E-state index in [9.17, 15) is 0 Å². The SMILES string of the molecule is N=c1/c(=C\c2nc3ccccc3n2CCCBr)c2cccc3cccc1c32. The fourth-order valence-electron chi connectivity index (χ4n) is 3.99. The summed E-state index contributed by atoms with van der Waals surface area (Å²) in [6, 6.07) is 20.7. The van der Waals surface area contributed by atoms with Crippen LogP contribution in [0, 0.1) is 5.41 Å². The van der Waals surface area contributed by atoms with Crippen LogP contribution >= 0.6 is 15.9 Å². The Hall–Kier alpha value is -2.72. The molecule has 0 atom stereocenters. The van der Waals surface area contributed by atoms with Crippen LogP contribution in [0.25, 0.3) is 38.7 Å². The molecule has 132 valence electrons. The Bertz CT molecular complexity index is 1380. The molecule has 0 spiro atoms. The van der Waals surface area contributed by atoms with Gasteiger partial charge in [-0.1, -0.05) is 64.5 Å². The number of benzene rings is 3. The van der Waals surface area contributed by atoms with Crippen LogP contribution < -0.4 is 10.6 Å². The lowest BCUT2D eigenvalue weighted by Gasteiger charge is -2.05. The van der Waals surface area contributed by atoms with Crippen molar-refractivity contribution in [1.29, 1.82) is 5.41 Å². The first kappa shape index (κ1) is 16.5. The highest BCUT2D eigenvalue weighted by molar-refractivity contribution is 9.09. The fourth-order valence-corrected chi connectivity index (χ4v) is 4.24. The maximum atomic E-state index is 8.76. The average Bonchev–Trinajstić information content (AvgIpc) is 3.18. The summed E-state index contributed by atoms with van der Waals surface area (Å²) in [5.41, 5.74) is 2.14. The largest absolute Gasteiger partial charge is 0.324 e. The summed E-state index contributed by atoms with van der Waals surface area (Å²) in [6.07, 6.45) is 3.12. The van der Waals surface area contributed by atoms with Crippen LogP contribution in [-0.4, -0.2) is 14.9 Å². The normalized spacial score (nSPS) is 12.7. The van der Waals surface area contributed by atoms with Crippen LogP contribution in [-0.2, 0) is 6.54 Å². The molecule has 0 aliphatic heterocycles. The monoisotopic (exact) mass is 415 g/mol. The molecule has 4 heteroatoms. The molecule has 1 N–H and O–H groups in total. The second kappa shape index (κ2) is 6.46. The van der Waals surface area contributed by atoms with Gasteiger partial charge >= 0.3 is 0 Å². The number of para-hydroxylation sites is 2. The van der Waals surface area contributed by atoms with Crippen molar-refractivity contribution in [3.63, 3.8) is 0 Å². The van der Waals surface area contributed by atoms with Crippen molar-refractivity contribution in [2.75, 3.05) is 5.33 Å². The van der Waals surface area contributed by atoms with Gasteiger partial charge in [0.1, 0.15) is 5.82 Å². The van der Waals surface area contributed by atoms with E-state index in [2.05, 4.69) is 69.0 Å². The molecule has 5 rings (SSSR count). The highest BCUT2D eigenvalue weighted by Crippen LogP contribution is 2.23. The van der Waals surface area contributed by atoms with E-state index < -0.39 is 0 Å². The van der Waals surface area contributed by atoms with Crippen LogP contribution in [0.5, 0.6) is 0 Å². The zero-order valence-corrected chi connectivity index (χ0v) is 16.3. The first-order valence-electron chi connectivity index (χ1n) is 9.12. The number of nitrogens with zero attached hydrogens (tertiary/aromatic N) is 2. The second-order valence-electron chi connectivity index (χ2n) is 6.80. The van der Waals surface area contributed by atoms with E-state index in [1.807, 2.05) is 18.2 Å². The minimum Gasteiger partial charge on any atom is -0.324 e. The zero-order chi connectivity index (χ0) is 18.4. The van der Waals surface area contributed by atoms with Crippen LogP contribution in [0.1, 0.15) is 12.2 Å². The Labute approximate surface area is 164 Å². The summed E-state index contributed by atoms with van der Waals surface area (Å²) < 4.78 is 2.26. The molecule has 0 radical (unpaired) electrons. The summed E-state index contributed by atoms with van der Waals surface area (Å²) >= 11 is 3.54. The number of aryl methyl sites for hydroxylation is 1. The van der Waals surface area contributed by atoms with Gasteiger partial charge in [0.05, 0.1) is 16.4 Å². The van der Waals surface area contributed by atoms with E-state index in [0.29, 0.717) is 5.36 Å². The number of hydrogen-bond donors (Lipinski definition) is 1. The van der Waals surface area contributed by atoms with Crippen molar-refractivity contribution < 1.29 is 0 Å². The molecule has 3 nitrogen and oxygen atoms in total. The summed E-state index contributed by atoms with van der Waals surface area (Å²) in [5, 5.41) is 15.8. The lowest BCUT2D eigenvalue weighted by Crippen LogP contribution is -2.20. The first-order valence-corrected chi connectivity index (χ1v) is 10.2. The number of imidazole rings is 1. The molecule has 4 aromatic carbocycles. The summed E-state index contributed by atoms with van der Waals surface area (Å²) in [4.78, 5) is 4.86. The molecule has 1 aromatic heterocycles. The first-order chi connectivity index (χ1) is 13.3. The number of nitrogens with one attached hydrogen (secondary N) is 1. The van der Waals surface area contributed by atoms with Crippen molar-refractivity contribution in [3.05, 3.63) is 77.1 Å². The molecule has 0 aliphatic carbocycles. The number of alkyl halides is 1. The van der Waals surface area contributed by atoms with Crippen molar-refractivity contribution in [2.45, 2.75) is 13.0 Å². The van der Waals surface area contributed by atoms with E-state index in [4.69, 9.17) is 10.4 Å². The van der Waals surface area contributed by atoms with Gasteiger partial charge < -0.3 is 4.57 Å². The van der Waals surface area contributed by atoms with Crippen LogP contribution in [0.2, 0.25) is 0 Å². The van der Waals surface area contributed by atoms with E-state index in [1.165, 1.54) is 10.8 Å². The van der Waals surface area contributed by atoms with E-state index in [-0.39, 0.29) is 0 Å². The van der Waals surface area contributed by atoms with Gasteiger partial charge in [-0.15, -0.1) is 0 Å². The van der Waals surface area contributed by atoms with E-state index >= 15 is 0 Å². The maximum absolute atomic E-state index is 8.76. The Kier molecular flexibility index (Phi) is 3.94. The Morgan fingerprint density at radius 2 is 1.74 bits per heavy atom. The standard InChI is InChI=1S/C23H18BrN3/c24-12-5-13-27-20-11-2-1-10-19(20)26-21(27)14-18-16-8-3-6-15-7-4-9-17(22(15)16)23(18)25/h1-4,6-11,14,25H,5,12-13H2/b18-14-,25-23?. The third-order valence-corrected chi connectivity index (χ3v) is 5.77. The molecule has 0 saturated carbocycles. The van der Waals surface area contributed by atoms with Gasteiger partial charge in [0.15, 0.2) is 0 Å². The number of rotatable bonds is 4. The highest BCUT2D eigenvalue weighted by Gasteiger charge is 2.12. The van der Waals surface area contributed by atoms with Crippen molar-refractivity contribution in [1.82, 2.24) is 9.55 Å². The van der Waals surface area contributed by atoms with Gasteiger partial charge in [0.2, 0.25) is 0 Å². The molecule has 27 heavy (non-hydrogen) atoms. The van der Waals surface area contributed by atoms with Gasteiger partial charge in [0, 0.05) is 22.5 Å². The van der Waals surface area contributed by atoms with Crippen molar-refractivity contribution >= 4 is 54.6 Å². The predicted octanol–water partition coefficient (Wildman–Crippen LogP) is 4.59. The predicted molar refractivity (Wildman–Crippen MR) is 115 cm³/mol. The fraction of sp³-hybridized carbons (Fsp3) is 0.130. The van der Waals surface area contributed by atoms with Crippen molar-refractivity contribution in [3.8, 4) is 0 Å². The molecular formula is C23H18BrN3. The van der Waals surface area contributed by atoms with Gasteiger partial charge in [-0.2, -0.15) is 0 Å². The highest BCUT2D eigenvalue weighted by atomic mass is 79.9. The Morgan fingerprint density at radius 1 is 0.963 bits per heavy atom. The Morgan fingerprint density at radius 3 is 2.56 bits per heavy atom. The quantitative estimate of drug-likeness (QED) is 0.428. The number of hydrogen-bond acceptors (Lipinski definition) is 2. The van der Waals surface area contributed by atoms with Crippen LogP contribution in [0.4, 0.5) is 0 Å². The summed E-state index contributed by atoms with van der Waals surface area (Å²) in [6.45, 7) is 0.898. The number of aromatic nitrogens is 2. The molecule has 0 amide bonds. The third-order valence-electron chi connectivity index (χ3n) is 5.21. The summed E-state index contributed by atoms with van der Waals surface area (Å²) in [7, 11) is 0. The molecule has 0 saturated heterocycles. The van der Waals surface area contributed by atoms with Gasteiger partial charge in [0.25, 0.3) is 0 Å². The van der Waals surface area contributed by atoms with Gasteiger partial charge in [-0.05, 0) is 40.8 Å². The smallest absolute Gasteiger partial charge is 0.134 e. The summed E-state index contributed by atoms with van der Waals surface area (Å²) in [5.74, 6) is 0.918. The van der Waals surface area contributed by atoms with Crippen molar-refractivity contribution in [2.24, 2.45) is 0 Å². The second-order valence-corrected chi connectivity index (χ2v) is 7.59. The molecule has 0 aliphatic rings. The maximum Gasteiger partial charge on any atom is 0.134 e. The van der Waals surface area contributed by atoms with E-state index in [0.717, 1.165) is 51.1 Å². The molecular weight excluding hydrogens is 398 g/mol. The number of halogens is 1. The average molecular weight is 416 g/mol. The van der Waals surface area contributed by atoms with Crippen LogP contribution in [0.3, 0.4) is 0 Å². The Balaban J connectivity index is 1.85. The van der Waals surface area contributed by atoms with Gasteiger partial charge in [-0.25, -0.2) is 4.98 Å². The lowest BCUT2D eigenvalue weighted by atomic mass is 10.1. The minimum atomic E-state index is 0.584. The third kappa shape index (κ3) is 2.55. The minimum absolute atomic E-state index is 0.584. The van der Waals surface area contributed by atoms with E-state index in [1.54, 1.807) is 0 Å². The molecule has 0 bridgehead atoms. The number of fused-ring (bicyclic) bond motifs is 1. The zero-order valence-electron chi connectivity index (χ0n) is 14.7. The lowest BCUT2D eigenvalue weighted by molar-refractivity contribution is 0.698. The molecule has 1 heterocycles. The van der Waals surface area contributed by atoms with Crippen LogP contribution in [0.15, 0.2) is 60.7 Å². The molecule has 0 unspecified atom stereocenters. The van der Waals surface area contributed by atoms with Gasteiger partial charge in [-0.3, -0.25) is 5.41 Å².